The van der Waals surface area contributed by atoms with Crippen molar-refractivity contribution in [1.82, 2.24) is 14.8 Å². The highest BCUT2D eigenvalue weighted by molar-refractivity contribution is 7.98. The van der Waals surface area contributed by atoms with Crippen LogP contribution in [-0.2, 0) is 21.9 Å². The predicted octanol–water partition coefficient (Wildman–Crippen LogP) is 7.71. The van der Waals surface area contributed by atoms with Crippen LogP contribution in [0.5, 0.6) is 5.75 Å². The number of nitrogens with zero attached hydrogens (tertiary/aromatic N) is 3. The molecule has 0 bridgehead atoms. The average Bonchev–Trinajstić information content (AvgIpc) is 3.38. The van der Waals surface area contributed by atoms with Crippen molar-refractivity contribution < 1.29 is 23.0 Å². The van der Waals surface area contributed by atoms with Crippen LogP contribution >= 0.6 is 23.4 Å². The van der Waals surface area contributed by atoms with E-state index < -0.39 is 17.8 Å². The van der Waals surface area contributed by atoms with Gasteiger partial charge in [-0.1, -0.05) is 73.1 Å². The Kier molecular flexibility index (Phi) is 9.44. The van der Waals surface area contributed by atoms with Crippen molar-refractivity contribution in [2.24, 2.45) is 0 Å². The molecule has 0 saturated carbocycles. The molecule has 42 heavy (non-hydrogen) atoms. The third kappa shape index (κ3) is 6.60. The largest absolute Gasteiger partial charge is 0.489 e. The Morgan fingerprint density at radius 1 is 1.07 bits per heavy atom. The van der Waals surface area contributed by atoms with Crippen molar-refractivity contribution in [2.45, 2.75) is 50.2 Å². The van der Waals surface area contributed by atoms with Crippen LogP contribution in [0.2, 0.25) is 5.02 Å². The van der Waals surface area contributed by atoms with Crippen LogP contribution in [0.3, 0.4) is 0 Å². The van der Waals surface area contributed by atoms with Crippen molar-refractivity contribution in [1.29, 1.82) is 0 Å². The molecule has 2 heterocycles. The molecule has 7 nitrogen and oxygen atoms in total. The molecule has 1 unspecified atom stereocenters. The molecular formula is C31H29ClF2N4O3S. The van der Waals surface area contributed by atoms with Gasteiger partial charge in [0, 0.05) is 17.0 Å². The average molecular weight is 611 g/mol. The molecule has 218 valence electrons. The molecule has 0 radical (unpaired) electrons. The third-order valence-corrected chi connectivity index (χ3v) is 7.98. The first kappa shape index (κ1) is 29.6. The van der Waals surface area contributed by atoms with Gasteiger partial charge in [0.2, 0.25) is 11.1 Å². The first-order valence-corrected chi connectivity index (χ1v) is 14.8. The van der Waals surface area contributed by atoms with Gasteiger partial charge in [-0.15, -0.1) is 5.10 Å². The zero-order valence-electron chi connectivity index (χ0n) is 23.1. The molecule has 1 aliphatic rings. The highest BCUT2D eigenvalue weighted by Gasteiger charge is 2.35. The smallest absolute Gasteiger partial charge is 0.338 e. The van der Waals surface area contributed by atoms with Gasteiger partial charge in [0.15, 0.2) is 0 Å². The topological polar surface area (TPSA) is 78.3 Å². The van der Waals surface area contributed by atoms with Gasteiger partial charge in [0.25, 0.3) is 0 Å². The maximum absolute atomic E-state index is 14.2. The maximum Gasteiger partial charge on any atom is 0.338 e. The van der Waals surface area contributed by atoms with Gasteiger partial charge in [-0.3, -0.25) is 0 Å². The molecule has 0 fully saturated rings. The number of anilines is 1. The second kappa shape index (κ2) is 13.4. The molecule has 11 heteroatoms. The number of allylic oxidation sites excluding steroid dienone is 1. The van der Waals surface area contributed by atoms with Gasteiger partial charge in [0.1, 0.15) is 30.0 Å². The summed E-state index contributed by atoms with van der Waals surface area (Å²) in [4.78, 5) is 17.9. The summed E-state index contributed by atoms with van der Waals surface area (Å²) in [5, 5.41) is 8.59. The summed E-state index contributed by atoms with van der Waals surface area (Å²) in [5.74, 6) is 0.113. The Hall–Kier alpha value is -3.89. The van der Waals surface area contributed by atoms with Crippen molar-refractivity contribution in [2.75, 3.05) is 11.9 Å². The summed E-state index contributed by atoms with van der Waals surface area (Å²) < 4.78 is 41.4. The maximum atomic E-state index is 14.2. The fourth-order valence-corrected chi connectivity index (χ4v) is 5.51. The number of halogens is 3. The molecule has 1 atom stereocenters. The number of hydrogen-bond acceptors (Lipinski definition) is 7. The van der Waals surface area contributed by atoms with Crippen molar-refractivity contribution in [3.05, 3.63) is 111 Å². The molecule has 1 N–H and O–H groups in total. The van der Waals surface area contributed by atoms with Gasteiger partial charge in [-0.05, 0) is 54.8 Å². The summed E-state index contributed by atoms with van der Waals surface area (Å²) in [6.45, 7) is 4.08. The Morgan fingerprint density at radius 3 is 2.57 bits per heavy atom. The standard InChI is InChI=1S/C31H29ClF2N4O3S/c1-3-4-16-40-29(39)27-19(2)35-30-36-31(42-18-21-8-5-6-10-25(21)33)37-38(30)28(27)20-12-14-22(15-13-20)41-17-23-24(32)9-7-11-26(23)34/h5-15,28H,3-4,16-18H2,1-2H3,(H,35,36,37). The Balaban J connectivity index is 1.42. The molecule has 3 aromatic carbocycles. The van der Waals surface area contributed by atoms with Gasteiger partial charge in [0.05, 0.1) is 17.2 Å². The lowest BCUT2D eigenvalue weighted by Gasteiger charge is -2.28. The fourth-order valence-electron chi connectivity index (χ4n) is 4.48. The third-order valence-electron chi connectivity index (χ3n) is 6.74. The summed E-state index contributed by atoms with van der Waals surface area (Å²) in [7, 11) is 0. The van der Waals surface area contributed by atoms with E-state index in [2.05, 4.69) is 15.4 Å². The normalized spacial score (nSPS) is 14.4. The fraction of sp³-hybridized carbons (Fsp3) is 0.258. The molecule has 0 amide bonds. The Labute approximate surface area is 251 Å². The lowest BCUT2D eigenvalue weighted by molar-refractivity contribution is -0.139. The molecule has 0 spiro atoms. The minimum absolute atomic E-state index is 0.0396. The van der Waals surface area contributed by atoms with E-state index >= 15 is 0 Å². The zero-order valence-corrected chi connectivity index (χ0v) is 24.6. The van der Waals surface area contributed by atoms with E-state index in [9.17, 15) is 13.6 Å². The highest BCUT2D eigenvalue weighted by atomic mass is 35.5. The summed E-state index contributed by atoms with van der Waals surface area (Å²) in [5.41, 5.74) is 2.56. The van der Waals surface area contributed by atoms with E-state index in [0.29, 0.717) is 46.0 Å². The summed E-state index contributed by atoms with van der Waals surface area (Å²) in [6, 6.07) is 17.5. The number of hydrogen-bond donors (Lipinski definition) is 1. The van der Waals surface area contributed by atoms with E-state index in [1.807, 2.05) is 19.1 Å². The van der Waals surface area contributed by atoms with E-state index in [1.54, 1.807) is 48.0 Å². The number of aromatic nitrogens is 3. The van der Waals surface area contributed by atoms with Crippen molar-refractivity contribution >= 4 is 35.3 Å². The number of ether oxygens (including phenoxy) is 2. The van der Waals surface area contributed by atoms with Crippen molar-refractivity contribution in [3.8, 4) is 5.75 Å². The monoisotopic (exact) mass is 610 g/mol. The number of nitrogens with one attached hydrogen (secondary N) is 1. The first-order valence-electron chi connectivity index (χ1n) is 13.5. The molecule has 0 saturated heterocycles. The molecule has 1 aromatic heterocycles. The number of benzene rings is 3. The Morgan fingerprint density at radius 2 is 1.83 bits per heavy atom. The predicted molar refractivity (Wildman–Crippen MR) is 158 cm³/mol. The lowest BCUT2D eigenvalue weighted by atomic mass is 9.96. The van der Waals surface area contributed by atoms with E-state index in [1.165, 1.54) is 30.0 Å². The Bertz CT molecular complexity index is 1590. The lowest BCUT2D eigenvalue weighted by Crippen LogP contribution is -2.29. The first-order chi connectivity index (χ1) is 20.4. The van der Waals surface area contributed by atoms with Crippen LogP contribution in [0.25, 0.3) is 0 Å². The van der Waals surface area contributed by atoms with Crippen LogP contribution < -0.4 is 10.1 Å². The van der Waals surface area contributed by atoms with Crippen LogP contribution in [0.1, 0.15) is 49.4 Å². The number of esters is 1. The van der Waals surface area contributed by atoms with E-state index in [0.717, 1.165) is 18.4 Å². The number of rotatable bonds is 11. The van der Waals surface area contributed by atoms with Crippen LogP contribution in [0, 0.1) is 11.6 Å². The SMILES string of the molecule is CCCCOC(=O)C1=C(C)Nc2nc(SCc3ccccc3F)nn2C1c1ccc(OCc2c(F)cccc2Cl)cc1. The highest BCUT2D eigenvalue weighted by Crippen LogP contribution is 2.38. The molecule has 0 aliphatic carbocycles. The van der Waals surface area contributed by atoms with E-state index in [-0.39, 0.29) is 23.0 Å². The van der Waals surface area contributed by atoms with E-state index in [4.69, 9.17) is 21.1 Å². The molecule has 1 aliphatic heterocycles. The van der Waals surface area contributed by atoms with Crippen LogP contribution in [0.4, 0.5) is 14.7 Å². The molecule has 4 aromatic rings. The molecular weight excluding hydrogens is 582 g/mol. The summed E-state index contributed by atoms with van der Waals surface area (Å²) >= 11 is 7.43. The summed E-state index contributed by atoms with van der Waals surface area (Å²) in [6.07, 6.45) is 1.64. The number of thioether (sulfide) groups is 1. The molecule has 5 rings (SSSR count). The van der Waals surface area contributed by atoms with Gasteiger partial charge in [-0.25, -0.2) is 18.3 Å². The van der Waals surface area contributed by atoms with Crippen LogP contribution in [0.15, 0.2) is 83.2 Å². The van der Waals surface area contributed by atoms with Crippen LogP contribution in [-0.4, -0.2) is 27.3 Å². The zero-order chi connectivity index (χ0) is 29.6. The van der Waals surface area contributed by atoms with Gasteiger partial charge >= 0.3 is 5.97 Å². The number of carbonyl (C=O) groups excluding carboxylic acids is 1. The van der Waals surface area contributed by atoms with Crippen molar-refractivity contribution in [3.63, 3.8) is 0 Å². The second-order valence-electron chi connectivity index (χ2n) is 9.66. The minimum Gasteiger partial charge on any atom is -0.489 e. The second-order valence-corrected chi connectivity index (χ2v) is 11.0. The van der Waals surface area contributed by atoms with Gasteiger partial charge < -0.3 is 14.8 Å². The number of fused-ring (bicyclic) bond motifs is 1. The number of unbranched alkanes of at least 4 members (excludes halogenated alkanes) is 1. The quantitative estimate of drug-likeness (QED) is 0.106. The van der Waals surface area contributed by atoms with Gasteiger partial charge in [-0.2, -0.15) is 4.98 Å². The number of carbonyl (C=O) groups is 1. The minimum atomic E-state index is -0.638.